The molecule has 1 amide bonds. The molecule has 1 rings (SSSR count). The van der Waals surface area contributed by atoms with E-state index >= 15 is 0 Å². The van der Waals surface area contributed by atoms with Crippen LogP contribution in [-0.2, 0) is 19.6 Å². The first-order valence-corrected chi connectivity index (χ1v) is 5.47. The van der Waals surface area contributed by atoms with Gasteiger partial charge in [0.05, 0.1) is 13.2 Å². The van der Waals surface area contributed by atoms with Crippen LogP contribution in [-0.4, -0.2) is 50.7 Å². The van der Waals surface area contributed by atoms with Gasteiger partial charge in [-0.3, -0.25) is 4.79 Å². The van der Waals surface area contributed by atoms with E-state index in [2.05, 4.69) is 0 Å². The van der Waals surface area contributed by atoms with Crippen molar-refractivity contribution < 1.29 is 17.9 Å². The molecule has 0 unspecified atom stereocenters. The van der Waals surface area contributed by atoms with Crippen molar-refractivity contribution in [2.75, 3.05) is 32.1 Å². The molecule has 7 heteroatoms. The summed E-state index contributed by atoms with van der Waals surface area (Å²) in [6.45, 7) is 1.35. The maximum Gasteiger partial charge on any atom is 0.234 e. The Morgan fingerprint density at radius 2 is 1.92 bits per heavy atom. The molecule has 0 aromatic carbocycles. The number of primary amides is 1. The molecule has 1 heterocycles. The Kier molecular flexibility index (Phi) is 3.23. The largest absolute Gasteiger partial charge is 0.379 e. The Balaban J connectivity index is 2.62. The number of hydrogen-bond donors (Lipinski definition) is 1. The minimum atomic E-state index is -3.50. The molecule has 0 atom stereocenters. The van der Waals surface area contributed by atoms with Gasteiger partial charge in [-0.15, -0.1) is 0 Å². The van der Waals surface area contributed by atoms with Crippen molar-refractivity contribution in [3.63, 3.8) is 0 Å². The second kappa shape index (κ2) is 4.03. The molecule has 1 aliphatic heterocycles. The molecule has 1 fully saturated rings. The summed E-state index contributed by atoms with van der Waals surface area (Å²) in [5.41, 5.74) is 4.81. The van der Waals surface area contributed by atoms with Gasteiger partial charge in [0, 0.05) is 13.1 Å². The molecule has 0 radical (unpaired) electrons. The Hall–Kier alpha value is -0.660. The molecule has 0 aromatic heterocycles. The standard InChI is InChI=1S/C6H12N2O4S/c7-6(9)5-13(10,11)8-1-3-12-4-2-8/h1-5H2,(H2,7,9). The third-order valence-corrected chi connectivity index (χ3v) is 3.49. The number of carbonyl (C=O) groups excluding carboxylic acids is 1. The number of morpholine rings is 1. The number of nitrogens with two attached hydrogens (primary N) is 1. The van der Waals surface area contributed by atoms with Crippen LogP contribution in [0, 0.1) is 0 Å². The lowest BCUT2D eigenvalue weighted by atomic mass is 10.5. The van der Waals surface area contributed by atoms with Crippen LogP contribution in [0.3, 0.4) is 0 Å². The highest BCUT2D eigenvalue weighted by molar-refractivity contribution is 7.89. The molecular formula is C6H12N2O4S. The smallest absolute Gasteiger partial charge is 0.234 e. The molecule has 0 aromatic rings. The maximum atomic E-state index is 11.4. The average Bonchev–Trinajstić information content (AvgIpc) is 2.04. The van der Waals surface area contributed by atoms with E-state index in [4.69, 9.17) is 10.5 Å². The van der Waals surface area contributed by atoms with Gasteiger partial charge in [0.1, 0.15) is 5.75 Å². The van der Waals surface area contributed by atoms with Gasteiger partial charge in [-0.1, -0.05) is 0 Å². The first kappa shape index (κ1) is 10.4. The summed E-state index contributed by atoms with van der Waals surface area (Å²) >= 11 is 0. The number of nitrogens with zero attached hydrogens (tertiary/aromatic N) is 1. The highest BCUT2D eigenvalue weighted by Gasteiger charge is 2.25. The summed E-state index contributed by atoms with van der Waals surface area (Å²) in [7, 11) is -3.50. The fraction of sp³-hybridized carbons (Fsp3) is 0.833. The minimum absolute atomic E-state index is 0.301. The van der Waals surface area contributed by atoms with Crippen LogP contribution in [0.2, 0.25) is 0 Å². The Morgan fingerprint density at radius 3 is 2.38 bits per heavy atom. The zero-order chi connectivity index (χ0) is 9.90. The van der Waals surface area contributed by atoms with Crippen LogP contribution < -0.4 is 5.73 Å². The van der Waals surface area contributed by atoms with E-state index < -0.39 is 21.7 Å². The third kappa shape index (κ3) is 2.94. The van der Waals surface area contributed by atoms with Crippen molar-refractivity contribution in [2.45, 2.75) is 0 Å². The predicted molar refractivity (Wildman–Crippen MR) is 45.4 cm³/mol. The van der Waals surface area contributed by atoms with Gasteiger partial charge in [-0.05, 0) is 0 Å². The lowest BCUT2D eigenvalue weighted by molar-refractivity contribution is -0.115. The third-order valence-electron chi connectivity index (χ3n) is 1.69. The monoisotopic (exact) mass is 208 g/mol. The lowest BCUT2D eigenvalue weighted by Gasteiger charge is -2.25. The number of amides is 1. The van der Waals surface area contributed by atoms with E-state index in [1.54, 1.807) is 0 Å². The normalized spacial score (nSPS) is 20.0. The summed E-state index contributed by atoms with van der Waals surface area (Å²) in [5.74, 6) is -1.45. The second-order valence-corrected chi connectivity index (χ2v) is 4.70. The van der Waals surface area contributed by atoms with Crippen molar-refractivity contribution >= 4 is 15.9 Å². The van der Waals surface area contributed by atoms with Crippen LogP contribution in [0.15, 0.2) is 0 Å². The summed E-state index contributed by atoms with van der Waals surface area (Å²) in [6, 6.07) is 0. The SMILES string of the molecule is NC(=O)CS(=O)(=O)N1CCOCC1. The van der Waals surface area contributed by atoms with E-state index in [1.165, 1.54) is 4.31 Å². The number of rotatable bonds is 3. The summed E-state index contributed by atoms with van der Waals surface area (Å²) < 4.78 is 28.9. The highest BCUT2D eigenvalue weighted by atomic mass is 32.2. The van der Waals surface area contributed by atoms with Crippen molar-refractivity contribution in [3.05, 3.63) is 0 Å². The fourth-order valence-electron chi connectivity index (χ4n) is 1.10. The number of ether oxygens (including phenoxy) is 1. The first-order valence-electron chi connectivity index (χ1n) is 3.86. The molecule has 0 spiro atoms. The topological polar surface area (TPSA) is 89.7 Å². The van der Waals surface area contributed by atoms with Crippen molar-refractivity contribution in [1.82, 2.24) is 4.31 Å². The fourth-order valence-corrected chi connectivity index (χ4v) is 2.34. The molecule has 6 nitrogen and oxygen atoms in total. The number of hydrogen-bond acceptors (Lipinski definition) is 4. The molecule has 2 N–H and O–H groups in total. The lowest BCUT2D eigenvalue weighted by Crippen LogP contribution is -2.44. The van der Waals surface area contributed by atoms with Crippen molar-refractivity contribution in [3.8, 4) is 0 Å². The molecule has 13 heavy (non-hydrogen) atoms. The van der Waals surface area contributed by atoms with Gasteiger partial charge in [0.2, 0.25) is 15.9 Å². The van der Waals surface area contributed by atoms with Crippen molar-refractivity contribution in [1.29, 1.82) is 0 Å². The average molecular weight is 208 g/mol. The highest BCUT2D eigenvalue weighted by Crippen LogP contribution is 2.04. The van der Waals surface area contributed by atoms with Crippen LogP contribution >= 0.6 is 0 Å². The van der Waals surface area contributed by atoms with Gasteiger partial charge in [0.25, 0.3) is 0 Å². The maximum absolute atomic E-state index is 11.4. The Labute approximate surface area is 76.7 Å². The zero-order valence-corrected chi connectivity index (χ0v) is 7.92. The van der Waals surface area contributed by atoms with Crippen LogP contribution in [0.5, 0.6) is 0 Å². The molecule has 1 saturated heterocycles. The van der Waals surface area contributed by atoms with E-state index in [0.29, 0.717) is 26.3 Å². The minimum Gasteiger partial charge on any atom is -0.379 e. The van der Waals surface area contributed by atoms with Gasteiger partial charge < -0.3 is 10.5 Å². The summed E-state index contributed by atoms with van der Waals surface area (Å²) in [5, 5.41) is 0. The van der Waals surface area contributed by atoms with Gasteiger partial charge in [0.15, 0.2) is 0 Å². The van der Waals surface area contributed by atoms with Crippen molar-refractivity contribution in [2.24, 2.45) is 5.73 Å². The first-order chi connectivity index (χ1) is 6.02. The molecule has 0 aliphatic carbocycles. The Bertz CT molecular complexity index is 281. The quantitative estimate of drug-likeness (QED) is 0.588. The summed E-state index contributed by atoms with van der Waals surface area (Å²) in [6.07, 6.45) is 0. The van der Waals surface area contributed by atoms with Crippen LogP contribution in [0.1, 0.15) is 0 Å². The molecule has 76 valence electrons. The number of carbonyl (C=O) groups is 1. The van der Waals surface area contributed by atoms with E-state index in [1.807, 2.05) is 0 Å². The summed E-state index contributed by atoms with van der Waals surface area (Å²) in [4.78, 5) is 10.4. The second-order valence-electron chi connectivity index (χ2n) is 2.73. The van der Waals surface area contributed by atoms with Gasteiger partial charge >= 0.3 is 0 Å². The molecule has 1 aliphatic rings. The number of sulfonamides is 1. The Morgan fingerprint density at radius 1 is 1.38 bits per heavy atom. The van der Waals surface area contributed by atoms with Gasteiger partial charge in [-0.2, -0.15) is 4.31 Å². The van der Waals surface area contributed by atoms with E-state index in [0.717, 1.165) is 0 Å². The molecule has 0 saturated carbocycles. The predicted octanol–water partition coefficient (Wildman–Crippen LogP) is -1.87. The van der Waals surface area contributed by atoms with E-state index in [9.17, 15) is 13.2 Å². The van der Waals surface area contributed by atoms with Gasteiger partial charge in [-0.25, -0.2) is 8.42 Å². The van der Waals surface area contributed by atoms with Crippen LogP contribution in [0.25, 0.3) is 0 Å². The molecular weight excluding hydrogens is 196 g/mol. The zero-order valence-electron chi connectivity index (χ0n) is 7.10. The van der Waals surface area contributed by atoms with Crippen LogP contribution in [0.4, 0.5) is 0 Å². The van der Waals surface area contributed by atoms with E-state index in [-0.39, 0.29) is 0 Å². The molecule has 0 bridgehead atoms.